The first kappa shape index (κ1) is 10.2. The van der Waals surface area contributed by atoms with Gasteiger partial charge in [0.2, 0.25) is 0 Å². The number of aromatic nitrogens is 2. The van der Waals surface area contributed by atoms with E-state index in [0.29, 0.717) is 6.04 Å². The molecule has 2 rings (SSSR count). The zero-order chi connectivity index (χ0) is 10.8. The Morgan fingerprint density at radius 1 is 1.80 bits per heavy atom. The van der Waals surface area contributed by atoms with Crippen molar-refractivity contribution in [1.82, 2.24) is 14.9 Å². The largest absolute Gasteiger partial charge is 0.480 e. The van der Waals surface area contributed by atoms with Gasteiger partial charge >= 0.3 is 5.97 Å². The van der Waals surface area contributed by atoms with E-state index in [2.05, 4.69) is 10.3 Å². The summed E-state index contributed by atoms with van der Waals surface area (Å²) in [6.45, 7) is 2.37. The molecule has 0 aliphatic heterocycles. The molecule has 0 amide bonds. The van der Waals surface area contributed by atoms with Gasteiger partial charge < -0.3 is 15.0 Å². The van der Waals surface area contributed by atoms with E-state index in [1.165, 1.54) is 12.8 Å². The van der Waals surface area contributed by atoms with Crippen LogP contribution in [0.25, 0.3) is 0 Å². The summed E-state index contributed by atoms with van der Waals surface area (Å²) in [5, 5.41) is 12.1. The minimum absolute atomic E-state index is 0.549. The molecule has 1 aromatic heterocycles. The summed E-state index contributed by atoms with van der Waals surface area (Å²) in [5.41, 5.74) is 0.898. The van der Waals surface area contributed by atoms with E-state index in [4.69, 9.17) is 5.11 Å². The quantitative estimate of drug-likeness (QED) is 0.752. The number of rotatable bonds is 5. The second kappa shape index (κ2) is 4.02. The smallest absolute Gasteiger partial charge is 0.326 e. The maximum absolute atomic E-state index is 10.7. The van der Waals surface area contributed by atoms with Crippen LogP contribution in [0.15, 0.2) is 12.5 Å². The number of carbonyl (C=O) groups is 1. The molecule has 5 nitrogen and oxygen atoms in total. The molecule has 1 atom stereocenters. The highest BCUT2D eigenvalue weighted by molar-refractivity contribution is 5.71. The van der Waals surface area contributed by atoms with E-state index in [9.17, 15) is 4.79 Å². The molecule has 1 aliphatic rings. The Balaban J connectivity index is 1.93. The van der Waals surface area contributed by atoms with E-state index in [1.807, 2.05) is 0 Å². The molecule has 1 aromatic rings. The highest BCUT2D eigenvalue weighted by atomic mass is 16.4. The van der Waals surface area contributed by atoms with E-state index in [0.717, 1.165) is 12.2 Å². The normalized spacial score (nSPS) is 17.7. The fourth-order valence-corrected chi connectivity index (χ4v) is 1.35. The molecule has 82 valence electrons. The lowest BCUT2D eigenvalue weighted by Gasteiger charge is -2.05. The Morgan fingerprint density at radius 2 is 2.53 bits per heavy atom. The molecule has 5 heteroatoms. The van der Waals surface area contributed by atoms with Gasteiger partial charge in [-0.15, -0.1) is 0 Å². The number of nitrogens with one attached hydrogen (secondary N) is 1. The summed E-state index contributed by atoms with van der Waals surface area (Å²) in [6.07, 6.45) is 5.84. The van der Waals surface area contributed by atoms with Gasteiger partial charge in [0.15, 0.2) is 0 Å². The van der Waals surface area contributed by atoms with Gasteiger partial charge in [0.05, 0.1) is 12.0 Å². The van der Waals surface area contributed by atoms with Crippen LogP contribution in [0, 0.1) is 0 Å². The van der Waals surface area contributed by atoms with Gasteiger partial charge in [0, 0.05) is 18.8 Å². The first-order chi connectivity index (χ1) is 7.16. The van der Waals surface area contributed by atoms with E-state index in [-0.39, 0.29) is 0 Å². The van der Waals surface area contributed by atoms with Gasteiger partial charge in [-0.2, -0.15) is 0 Å². The zero-order valence-electron chi connectivity index (χ0n) is 8.68. The van der Waals surface area contributed by atoms with Crippen LogP contribution in [-0.2, 0) is 11.3 Å². The van der Waals surface area contributed by atoms with Crippen molar-refractivity contribution in [2.75, 3.05) is 0 Å². The van der Waals surface area contributed by atoms with Gasteiger partial charge in [0.1, 0.15) is 6.04 Å². The Hall–Kier alpha value is -1.36. The summed E-state index contributed by atoms with van der Waals surface area (Å²) >= 11 is 0. The predicted molar refractivity (Wildman–Crippen MR) is 54.4 cm³/mol. The number of hydrogen-bond donors (Lipinski definition) is 2. The summed E-state index contributed by atoms with van der Waals surface area (Å²) in [4.78, 5) is 14.9. The minimum Gasteiger partial charge on any atom is -0.480 e. The average Bonchev–Trinajstić information content (AvgIpc) is 2.92. The Kier molecular flexibility index (Phi) is 2.73. The first-order valence-electron chi connectivity index (χ1n) is 5.15. The SMILES string of the molecule is CC(C(=O)O)n1cnc(CNC2CC2)c1. The van der Waals surface area contributed by atoms with Gasteiger partial charge in [-0.1, -0.05) is 0 Å². The number of nitrogens with zero attached hydrogens (tertiary/aromatic N) is 2. The maximum Gasteiger partial charge on any atom is 0.326 e. The van der Waals surface area contributed by atoms with Crippen molar-refractivity contribution in [3.05, 3.63) is 18.2 Å². The number of carboxylic acids is 1. The molecule has 1 aliphatic carbocycles. The van der Waals surface area contributed by atoms with Crippen molar-refractivity contribution in [2.45, 2.75) is 38.4 Å². The van der Waals surface area contributed by atoms with Crippen LogP contribution in [0.2, 0.25) is 0 Å². The number of imidazole rings is 1. The Bertz CT molecular complexity index is 357. The average molecular weight is 209 g/mol. The lowest BCUT2D eigenvalue weighted by molar-refractivity contribution is -0.140. The van der Waals surface area contributed by atoms with E-state index < -0.39 is 12.0 Å². The van der Waals surface area contributed by atoms with Crippen molar-refractivity contribution in [1.29, 1.82) is 0 Å². The highest BCUT2D eigenvalue weighted by Gasteiger charge is 2.20. The predicted octanol–water partition coefficient (Wildman–Crippen LogP) is 0.781. The molecular weight excluding hydrogens is 194 g/mol. The molecule has 0 radical (unpaired) electrons. The van der Waals surface area contributed by atoms with Crippen LogP contribution < -0.4 is 5.32 Å². The standard InChI is InChI=1S/C10H15N3O2/c1-7(10(14)15)13-5-9(12-6-13)4-11-8-2-3-8/h5-8,11H,2-4H2,1H3,(H,14,15). The third kappa shape index (κ3) is 2.56. The molecule has 1 unspecified atom stereocenters. The summed E-state index contributed by atoms with van der Waals surface area (Å²) in [5.74, 6) is -0.839. The molecule has 0 aromatic carbocycles. The first-order valence-corrected chi connectivity index (χ1v) is 5.15. The van der Waals surface area contributed by atoms with Crippen LogP contribution in [0.5, 0.6) is 0 Å². The molecule has 1 saturated carbocycles. The molecule has 0 saturated heterocycles. The third-order valence-electron chi connectivity index (χ3n) is 2.61. The van der Waals surface area contributed by atoms with Crippen molar-refractivity contribution in [2.24, 2.45) is 0 Å². The topological polar surface area (TPSA) is 67.1 Å². The lowest BCUT2D eigenvalue weighted by Crippen LogP contribution is -2.16. The monoisotopic (exact) mass is 209 g/mol. The molecule has 0 spiro atoms. The van der Waals surface area contributed by atoms with Crippen LogP contribution in [0.1, 0.15) is 31.5 Å². The molecule has 15 heavy (non-hydrogen) atoms. The van der Waals surface area contributed by atoms with Crippen LogP contribution in [0.3, 0.4) is 0 Å². The van der Waals surface area contributed by atoms with Gasteiger partial charge in [0.25, 0.3) is 0 Å². The molecular formula is C10H15N3O2. The van der Waals surface area contributed by atoms with Gasteiger partial charge in [-0.3, -0.25) is 0 Å². The van der Waals surface area contributed by atoms with Crippen molar-refractivity contribution in [3.8, 4) is 0 Å². The number of hydrogen-bond acceptors (Lipinski definition) is 3. The zero-order valence-corrected chi connectivity index (χ0v) is 8.68. The summed E-state index contributed by atoms with van der Waals surface area (Å²) in [6, 6.07) is 0.0965. The fourth-order valence-electron chi connectivity index (χ4n) is 1.35. The second-order valence-corrected chi connectivity index (χ2v) is 3.98. The minimum atomic E-state index is -0.839. The number of carboxylic acid groups (broad SMARTS) is 1. The van der Waals surface area contributed by atoms with Crippen LogP contribution in [0.4, 0.5) is 0 Å². The molecule has 2 N–H and O–H groups in total. The maximum atomic E-state index is 10.7. The lowest BCUT2D eigenvalue weighted by atomic mass is 10.3. The number of aliphatic carboxylic acids is 1. The van der Waals surface area contributed by atoms with Crippen molar-refractivity contribution >= 4 is 5.97 Å². The molecule has 0 bridgehead atoms. The Morgan fingerprint density at radius 3 is 3.13 bits per heavy atom. The molecule has 1 heterocycles. The second-order valence-electron chi connectivity index (χ2n) is 3.98. The fraction of sp³-hybridized carbons (Fsp3) is 0.600. The van der Waals surface area contributed by atoms with Crippen molar-refractivity contribution in [3.63, 3.8) is 0 Å². The summed E-state index contributed by atoms with van der Waals surface area (Å²) < 4.78 is 1.62. The summed E-state index contributed by atoms with van der Waals surface area (Å²) in [7, 11) is 0. The van der Waals surface area contributed by atoms with E-state index >= 15 is 0 Å². The Labute approximate surface area is 88.1 Å². The van der Waals surface area contributed by atoms with Crippen LogP contribution in [-0.4, -0.2) is 26.7 Å². The van der Waals surface area contributed by atoms with Crippen LogP contribution >= 0.6 is 0 Å². The third-order valence-corrected chi connectivity index (χ3v) is 2.61. The van der Waals surface area contributed by atoms with Gasteiger partial charge in [-0.25, -0.2) is 9.78 Å². The molecule has 1 fully saturated rings. The van der Waals surface area contributed by atoms with E-state index in [1.54, 1.807) is 24.0 Å². The van der Waals surface area contributed by atoms with Crippen molar-refractivity contribution < 1.29 is 9.90 Å². The highest BCUT2D eigenvalue weighted by Crippen LogP contribution is 2.19. The van der Waals surface area contributed by atoms with Gasteiger partial charge in [-0.05, 0) is 19.8 Å².